The van der Waals surface area contributed by atoms with E-state index in [-0.39, 0.29) is 11.6 Å². The molecule has 0 saturated heterocycles. The summed E-state index contributed by atoms with van der Waals surface area (Å²) in [6.07, 6.45) is 3.17. The molecule has 106 valence electrons. The van der Waals surface area contributed by atoms with Crippen molar-refractivity contribution in [2.75, 3.05) is 0 Å². The second-order valence-corrected chi connectivity index (χ2v) is 5.61. The van der Waals surface area contributed by atoms with E-state index in [9.17, 15) is 4.79 Å². The van der Waals surface area contributed by atoms with E-state index in [1.807, 2.05) is 19.1 Å². The molecule has 0 aliphatic carbocycles. The first kappa shape index (κ1) is 13.3. The summed E-state index contributed by atoms with van der Waals surface area (Å²) in [5.41, 5.74) is 3.33. The van der Waals surface area contributed by atoms with Gasteiger partial charge in [0.15, 0.2) is 11.5 Å². The maximum Gasteiger partial charge on any atom is 0.291 e. The Morgan fingerprint density at radius 2 is 2.38 bits per heavy atom. The Labute approximate surface area is 124 Å². The molecule has 0 atom stereocenters. The largest absolute Gasteiger partial charge is 0.463 e. The number of aromatic amines is 1. The molecule has 2 N–H and O–H groups in total. The molecule has 0 spiro atoms. The average Bonchev–Trinajstić information content (AvgIpc) is 3.19. The first-order valence-corrected chi connectivity index (χ1v) is 7.03. The van der Waals surface area contributed by atoms with Gasteiger partial charge in [-0.25, -0.2) is 5.43 Å². The Hall–Kier alpha value is -2.67. The second kappa shape index (κ2) is 5.76. The van der Waals surface area contributed by atoms with Gasteiger partial charge in [0.25, 0.3) is 5.91 Å². The minimum atomic E-state index is -0.381. The molecule has 0 aromatic carbocycles. The number of furan rings is 1. The van der Waals surface area contributed by atoms with E-state index in [4.69, 9.17) is 4.42 Å². The van der Waals surface area contributed by atoms with Crippen LogP contribution in [0.25, 0.3) is 11.5 Å². The number of rotatable bonds is 4. The topological polar surface area (TPSA) is 83.3 Å². The molecule has 0 bridgehead atoms. The van der Waals surface area contributed by atoms with Crippen molar-refractivity contribution in [3.05, 3.63) is 52.0 Å². The van der Waals surface area contributed by atoms with Crippen molar-refractivity contribution in [1.82, 2.24) is 15.6 Å². The number of hydrazone groups is 1. The van der Waals surface area contributed by atoms with E-state index < -0.39 is 0 Å². The van der Waals surface area contributed by atoms with Crippen molar-refractivity contribution >= 4 is 23.5 Å². The number of carbonyl (C=O) groups excluding carboxylic acids is 1. The SMILES string of the molecule is Cc1ccc(C=NNC(=O)c2cc(-c3ccco3)[nH]n2)s1. The molecule has 3 rings (SSSR count). The number of nitrogens with zero attached hydrogens (tertiary/aromatic N) is 2. The monoisotopic (exact) mass is 300 g/mol. The van der Waals surface area contributed by atoms with Gasteiger partial charge >= 0.3 is 0 Å². The van der Waals surface area contributed by atoms with Crippen LogP contribution in [0.4, 0.5) is 0 Å². The fourth-order valence-corrected chi connectivity index (χ4v) is 2.48. The number of aryl methyl sites for hydroxylation is 1. The summed E-state index contributed by atoms with van der Waals surface area (Å²) in [4.78, 5) is 14.1. The van der Waals surface area contributed by atoms with Crippen molar-refractivity contribution in [2.24, 2.45) is 5.10 Å². The quantitative estimate of drug-likeness (QED) is 0.574. The smallest absolute Gasteiger partial charge is 0.291 e. The van der Waals surface area contributed by atoms with Crippen LogP contribution in [0.2, 0.25) is 0 Å². The third-order valence-electron chi connectivity index (χ3n) is 2.72. The zero-order valence-corrected chi connectivity index (χ0v) is 12.0. The van der Waals surface area contributed by atoms with Crippen LogP contribution >= 0.6 is 11.3 Å². The number of hydrogen-bond acceptors (Lipinski definition) is 5. The van der Waals surface area contributed by atoms with Crippen molar-refractivity contribution in [2.45, 2.75) is 6.92 Å². The van der Waals surface area contributed by atoms with E-state index in [1.165, 1.54) is 4.88 Å². The lowest BCUT2D eigenvalue weighted by molar-refractivity contribution is 0.0950. The molecule has 3 aromatic heterocycles. The van der Waals surface area contributed by atoms with Gasteiger partial charge < -0.3 is 4.42 Å². The van der Waals surface area contributed by atoms with E-state index in [1.54, 1.807) is 42.0 Å². The molecule has 3 heterocycles. The predicted molar refractivity (Wildman–Crippen MR) is 80.4 cm³/mol. The summed E-state index contributed by atoms with van der Waals surface area (Å²) < 4.78 is 5.22. The first-order valence-electron chi connectivity index (χ1n) is 6.21. The Balaban J connectivity index is 1.64. The minimum Gasteiger partial charge on any atom is -0.463 e. The van der Waals surface area contributed by atoms with Crippen LogP contribution in [0.15, 0.2) is 46.1 Å². The van der Waals surface area contributed by atoms with Crippen LogP contribution in [-0.2, 0) is 0 Å². The molecular weight excluding hydrogens is 288 g/mol. The number of thiophene rings is 1. The third-order valence-corrected chi connectivity index (χ3v) is 3.65. The van der Waals surface area contributed by atoms with Crippen LogP contribution < -0.4 is 5.43 Å². The highest BCUT2D eigenvalue weighted by Gasteiger charge is 2.11. The van der Waals surface area contributed by atoms with Gasteiger partial charge in [-0.2, -0.15) is 10.2 Å². The van der Waals surface area contributed by atoms with Crippen LogP contribution in [0.5, 0.6) is 0 Å². The Morgan fingerprint density at radius 3 is 3.10 bits per heavy atom. The predicted octanol–water partition coefficient (Wildman–Crippen LogP) is 2.80. The van der Waals surface area contributed by atoms with E-state index >= 15 is 0 Å². The Bertz CT molecular complexity index is 771. The van der Waals surface area contributed by atoms with Crippen LogP contribution in [0, 0.1) is 6.92 Å². The van der Waals surface area contributed by atoms with Gasteiger partial charge in [0.1, 0.15) is 5.69 Å². The molecule has 1 amide bonds. The van der Waals surface area contributed by atoms with Crippen molar-refractivity contribution in [3.8, 4) is 11.5 Å². The number of amides is 1. The summed E-state index contributed by atoms with van der Waals surface area (Å²) in [7, 11) is 0. The Morgan fingerprint density at radius 1 is 1.48 bits per heavy atom. The number of H-pyrrole nitrogens is 1. The molecule has 0 aliphatic rings. The average molecular weight is 300 g/mol. The summed E-state index contributed by atoms with van der Waals surface area (Å²) in [5, 5.41) is 10.6. The van der Waals surface area contributed by atoms with Gasteiger partial charge in [-0.15, -0.1) is 11.3 Å². The van der Waals surface area contributed by atoms with E-state index in [0.29, 0.717) is 11.5 Å². The highest BCUT2D eigenvalue weighted by atomic mass is 32.1. The molecule has 0 fully saturated rings. The summed E-state index contributed by atoms with van der Waals surface area (Å²) in [6, 6.07) is 9.10. The first-order chi connectivity index (χ1) is 10.2. The van der Waals surface area contributed by atoms with Gasteiger partial charge in [-0.1, -0.05) is 0 Å². The zero-order valence-electron chi connectivity index (χ0n) is 11.2. The highest BCUT2D eigenvalue weighted by Crippen LogP contribution is 2.17. The van der Waals surface area contributed by atoms with Gasteiger partial charge in [0.2, 0.25) is 0 Å². The van der Waals surface area contributed by atoms with Crippen molar-refractivity contribution in [1.29, 1.82) is 0 Å². The fourth-order valence-electron chi connectivity index (χ4n) is 1.73. The van der Waals surface area contributed by atoms with Crippen molar-refractivity contribution < 1.29 is 9.21 Å². The van der Waals surface area contributed by atoms with Crippen LogP contribution in [0.3, 0.4) is 0 Å². The van der Waals surface area contributed by atoms with Crippen LogP contribution in [0.1, 0.15) is 20.2 Å². The lowest BCUT2D eigenvalue weighted by atomic mass is 10.3. The number of nitrogens with one attached hydrogen (secondary N) is 2. The lowest BCUT2D eigenvalue weighted by Gasteiger charge is -1.93. The van der Waals surface area contributed by atoms with Gasteiger partial charge in [-0.3, -0.25) is 9.89 Å². The third kappa shape index (κ3) is 3.09. The molecule has 0 aliphatic heterocycles. The second-order valence-electron chi connectivity index (χ2n) is 4.29. The standard InChI is InChI=1S/C14H12N4O2S/c1-9-4-5-10(21-9)8-15-18-14(19)12-7-11(16-17-12)13-3-2-6-20-13/h2-8H,1H3,(H,16,17)(H,18,19). The molecule has 6 nitrogen and oxygen atoms in total. The maximum atomic E-state index is 11.9. The zero-order chi connectivity index (χ0) is 14.7. The summed E-state index contributed by atoms with van der Waals surface area (Å²) in [5.74, 6) is 0.243. The fraction of sp³-hybridized carbons (Fsp3) is 0.0714. The van der Waals surface area contributed by atoms with Crippen LogP contribution in [-0.4, -0.2) is 22.3 Å². The number of aromatic nitrogens is 2. The van der Waals surface area contributed by atoms with Gasteiger partial charge in [-0.05, 0) is 31.2 Å². The van der Waals surface area contributed by atoms with Crippen molar-refractivity contribution in [3.63, 3.8) is 0 Å². The molecule has 0 unspecified atom stereocenters. The molecule has 7 heteroatoms. The number of carbonyl (C=O) groups is 1. The molecule has 0 saturated carbocycles. The molecule has 21 heavy (non-hydrogen) atoms. The van der Waals surface area contributed by atoms with Gasteiger partial charge in [0.05, 0.1) is 12.5 Å². The summed E-state index contributed by atoms with van der Waals surface area (Å²) >= 11 is 1.60. The molecule has 3 aromatic rings. The molecular formula is C14H12N4O2S. The molecule has 0 radical (unpaired) electrons. The highest BCUT2D eigenvalue weighted by molar-refractivity contribution is 7.13. The van der Waals surface area contributed by atoms with E-state index in [0.717, 1.165) is 4.88 Å². The summed E-state index contributed by atoms with van der Waals surface area (Å²) in [6.45, 7) is 2.01. The van der Waals surface area contributed by atoms with E-state index in [2.05, 4.69) is 20.7 Å². The minimum absolute atomic E-state index is 0.251. The maximum absolute atomic E-state index is 11.9. The lowest BCUT2D eigenvalue weighted by Crippen LogP contribution is -2.17. The van der Waals surface area contributed by atoms with Gasteiger partial charge in [0, 0.05) is 15.8 Å². The number of hydrogen-bond donors (Lipinski definition) is 2. The normalized spacial score (nSPS) is 11.1. The Kier molecular flexibility index (Phi) is 3.65.